The van der Waals surface area contributed by atoms with Crippen molar-refractivity contribution >= 4 is 11.7 Å². The van der Waals surface area contributed by atoms with Gasteiger partial charge in [-0.05, 0) is 61.3 Å². The Morgan fingerprint density at radius 3 is 2.37 bits per heavy atom. The molecule has 5 nitrogen and oxygen atoms in total. The summed E-state index contributed by atoms with van der Waals surface area (Å²) in [6.45, 7) is 2.74. The first kappa shape index (κ1) is 17.8. The summed E-state index contributed by atoms with van der Waals surface area (Å²) < 4.78 is 6.60. The summed E-state index contributed by atoms with van der Waals surface area (Å²) in [6, 6.07) is 11.6. The molecule has 0 spiro atoms. The van der Waals surface area contributed by atoms with Crippen LogP contribution in [0.1, 0.15) is 47.5 Å². The van der Waals surface area contributed by atoms with E-state index in [1.165, 1.54) is 25.5 Å². The Kier molecular flexibility index (Phi) is 5.01. The zero-order chi connectivity index (χ0) is 18.8. The highest BCUT2D eigenvalue weighted by atomic mass is 16.5. The maximum absolute atomic E-state index is 12.3. The number of piperidine rings is 1. The van der Waals surface area contributed by atoms with Gasteiger partial charge in [-0.3, -0.25) is 4.79 Å². The molecule has 1 saturated heterocycles. The molecule has 1 saturated carbocycles. The van der Waals surface area contributed by atoms with Crippen LogP contribution in [0.15, 0.2) is 47.4 Å². The number of carbonyl (C=O) groups excluding carboxylic acids is 1. The molecular weight excluding hydrogens is 340 g/mol. The third kappa shape index (κ3) is 4.07. The van der Waals surface area contributed by atoms with Crippen molar-refractivity contribution in [3.8, 4) is 0 Å². The van der Waals surface area contributed by atoms with Crippen molar-refractivity contribution in [1.29, 1.82) is 0 Å². The fourth-order valence-electron chi connectivity index (χ4n) is 3.90. The number of nitrogens with zero attached hydrogens (tertiary/aromatic N) is 2. The van der Waals surface area contributed by atoms with Gasteiger partial charge in [-0.15, -0.1) is 0 Å². The second-order valence-corrected chi connectivity index (χ2v) is 7.69. The minimum atomic E-state index is -0.298. The number of aromatic nitrogens is 1. The molecule has 0 amide bonds. The van der Waals surface area contributed by atoms with E-state index in [4.69, 9.17) is 4.74 Å². The molecule has 0 radical (unpaired) electrons. The Morgan fingerprint density at radius 2 is 1.78 bits per heavy atom. The van der Waals surface area contributed by atoms with Crippen molar-refractivity contribution in [2.75, 3.05) is 25.1 Å². The largest absolute Gasteiger partial charge is 0.465 e. The maximum Gasteiger partial charge on any atom is 0.337 e. The number of hydrogen-bond acceptors (Lipinski definition) is 4. The second-order valence-electron chi connectivity index (χ2n) is 7.69. The van der Waals surface area contributed by atoms with Crippen LogP contribution in [-0.2, 0) is 11.3 Å². The number of esters is 1. The normalized spacial score (nSPS) is 17.7. The SMILES string of the molecule is COC(=O)c1ccc(C2CCN(c3ccn(CC4CC4)c(=O)c3)CC2)cc1. The number of carbonyl (C=O) groups is 1. The van der Waals surface area contributed by atoms with Gasteiger partial charge in [-0.25, -0.2) is 4.79 Å². The summed E-state index contributed by atoms with van der Waals surface area (Å²) in [5, 5.41) is 0. The van der Waals surface area contributed by atoms with Crippen LogP contribution in [0.3, 0.4) is 0 Å². The Bertz CT molecular complexity index is 860. The zero-order valence-corrected chi connectivity index (χ0v) is 15.8. The van der Waals surface area contributed by atoms with Crippen molar-refractivity contribution in [2.45, 2.75) is 38.1 Å². The molecule has 0 atom stereocenters. The molecule has 1 aromatic carbocycles. The van der Waals surface area contributed by atoms with E-state index < -0.39 is 0 Å². The van der Waals surface area contributed by atoms with Gasteiger partial charge in [0.15, 0.2) is 0 Å². The molecule has 2 aliphatic rings. The molecule has 5 heteroatoms. The van der Waals surface area contributed by atoms with E-state index in [0.29, 0.717) is 17.4 Å². The van der Waals surface area contributed by atoms with Crippen LogP contribution in [0.2, 0.25) is 0 Å². The molecule has 2 heterocycles. The van der Waals surface area contributed by atoms with E-state index >= 15 is 0 Å². The number of rotatable bonds is 5. The number of anilines is 1. The van der Waals surface area contributed by atoms with Gasteiger partial charge in [0.2, 0.25) is 0 Å². The molecule has 1 aliphatic heterocycles. The number of benzene rings is 1. The predicted octanol–water partition coefficient (Wildman–Crippen LogP) is 3.43. The van der Waals surface area contributed by atoms with E-state index in [9.17, 15) is 9.59 Å². The van der Waals surface area contributed by atoms with Gasteiger partial charge in [0, 0.05) is 37.6 Å². The third-order valence-electron chi connectivity index (χ3n) is 5.79. The summed E-state index contributed by atoms with van der Waals surface area (Å²) in [4.78, 5) is 26.2. The monoisotopic (exact) mass is 366 g/mol. The lowest BCUT2D eigenvalue weighted by molar-refractivity contribution is 0.0600. The Hall–Kier alpha value is -2.56. The highest BCUT2D eigenvalue weighted by Crippen LogP contribution is 2.31. The molecular formula is C22H26N2O3. The lowest BCUT2D eigenvalue weighted by Crippen LogP contribution is -2.34. The van der Waals surface area contributed by atoms with Gasteiger partial charge in [-0.2, -0.15) is 0 Å². The topological polar surface area (TPSA) is 51.5 Å². The summed E-state index contributed by atoms with van der Waals surface area (Å²) in [7, 11) is 1.40. The average Bonchev–Trinajstić information content (AvgIpc) is 3.53. The van der Waals surface area contributed by atoms with Crippen molar-refractivity contribution in [2.24, 2.45) is 5.92 Å². The number of hydrogen-bond donors (Lipinski definition) is 0. The lowest BCUT2D eigenvalue weighted by atomic mass is 9.89. The molecule has 2 aromatic rings. The summed E-state index contributed by atoms with van der Waals surface area (Å²) >= 11 is 0. The van der Waals surface area contributed by atoms with Gasteiger partial charge in [0.05, 0.1) is 12.7 Å². The first-order chi connectivity index (χ1) is 13.1. The predicted molar refractivity (Wildman–Crippen MR) is 105 cm³/mol. The summed E-state index contributed by atoms with van der Waals surface area (Å²) in [5.74, 6) is 0.894. The summed E-state index contributed by atoms with van der Waals surface area (Å²) in [5.41, 5.74) is 3.00. The number of methoxy groups -OCH3 is 1. The standard InChI is InChI=1S/C22H26N2O3/c1-27-22(26)19-6-4-17(5-7-19)18-8-11-23(12-9-18)20-10-13-24(21(25)14-20)15-16-2-3-16/h4-7,10,13-14,16,18H,2-3,8-9,11-12,15H2,1H3. The Morgan fingerprint density at radius 1 is 1.07 bits per heavy atom. The van der Waals surface area contributed by atoms with Gasteiger partial charge in [0.1, 0.15) is 0 Å². The van der Waals surface area contributed by atoms with Crippen molar-refractivity contribution in [3.05, 3.63) is 64.1 Å². The van der Waals surface area contributed by atoms with Crippen molar-refractivity contribution < 1.29 is 9.53 Å². The van der Waals surface area contributed by atoms with Crippen molar-refractivity contribution in [1.82, 2.24) is 4.57 Å². The van der Waals surface area contributed by atoms with Gasteiger partial charge < -0.3 is 14.2 Å². The Balaban J connectivity index is 1.37. The molecule has 27 heavy (non-hydrogen) atoms. The lowest BCUT2D eigenvalue weighted by Gasteiger charge is -2.34. The van der Waals surface area contributed by atoms with Crippen LogP contribution < -0.4 is 10.5 Å². The highest BCUT2D eigenvalue weighted by Gasteiger charge is 2.23. The smallest absolute Gasteiger partial charge is 0.337 e. The zero-order valence-electron chi connectivity index (χ0n) is 15.8. The Labute approximate surface area is 159 Å². The molecule has 0 N–H and O–H groups in total. The first-order valence-electron chi connectivity index (χ1n) is 9.78. The molecule has 142 valence electrons. The first-order valence-corrected chi connectivity index (χ1v) is 9.78. The quantitative estimate of drug-likeness (QED) is 0.761. The molecule has 0 unspecified atom stereocenters. The van der Waals surface area contributed by atoms with Crippen LogP contribution in [0, 0.1) is 5.92 Å². The van der Waals surface area contributed by atoms with Crippen LogP contribution in [0.4, 0.5) is 5.69 Å². The van der Waals surface area contributed by atoms with Crippen LogP contribution >= 0.6 is 0 Å². The molecule has 1 aromatic heterocycles. The fraction of sp³-hybridized carbons (Fsp3) is 0.455. The second kappa shape index (κ2) is 7.59. The van der Waals surface area contributed by atoms with Crippen molar-refractivity contribution in [3.63, 3.8) is 0 Å². The number of ether oxygens (including phenoxy) is 1. The highest BCUT2D eigenvalue weighted by molar-refractivity contribution is 5.89. The van der Waals surface area contributed by atoms with Crippen LogP contribution in [0.25, 0.3) is 0 Å². The van der Waals surface area contributed by atoms with E-state index in [1.54, 1.807) is 6.07 Å². The molecule has 0 bridgehead atoms. The number of pyridine rings is 1. The molecule has 4 rings (SSSR count). The molecule has 2 fully saturated rings. The minimum Gasteiger partial charge on any atom is -0.465 e. The summed E-state index contributed by atoms with van der Waals surface area (Å²) in [6.07, 6.45) is 6.55. The third-order valence-corrected chi connectivity index (χ3v) is 5.79. The average molecular weight is 366 g/mol. The van der Waals surface area contributed by atoms with Crippen LogP contribution in [0.5, 0.6) is 0 Å². The fourth-order valence-corrected chi connectivity index (χ4v) is 3.90. The maximum atomic E-state index is 12.3. The van der Waals surface area contributed by atoms with Gasteiger partial charge in [-0.1, -0.05) is 12.1 Å². The van der Waals surface area contributed by atoms with Crippen LogP contribution in [-0.4, -0.2) is 30.7 Å². The van der Waals surface area contributed by atoms with E-state index in [1.807, 2.05) is 35.0 Å². The van der Waals surface area contributed by atoms with E-state index in [2.05, 4.69) is 11.0 Å². The van der Waals surface area contributed by atoms with Gasteiger partial charge in [0.25, 0.3) is 5.56 Å². The van der Waals surface area contributed by atoms with E-state index in [-0.39, 0.29) is 11.5 Å². The van der Waals surface area contributed by atoms with Gasteiger partial charge >= 0.3 is 5.97 Å². The minimum absolute atomic E-state index is 0.111. The molecule has 1 aliphatic carbocycles. The van der Waals surface area contributed by atoms with E-state index in [0.717, 1.165) is 38.2 Å².